The molecular formula is C19H23NO4S. The number of furan rings is 1. The number of rotatable bonds is 7. The van der Waals surface area contributed by atoms with Crippen molar-refractivity contribution in [2.75, 3.05) is 5.32 Å². The molecule has 0 saturated heterocycles. The van der Waals surface area contributed by atoms with Crippen LogP contribution >= 0.6 is 11.8 Å². The van der Waals surface area contributed by atoms with Crippen LogP contribution in [0.15, 0.2) is 28.9 Å². The number of hydrogen-bond donors (Lipinski definition) is 2. The van der Waals surface area contributed by atoms with Crippen LogP contribution in [-0.4, -0.2) is 22.2 Å². The van der Waals surface area contributed by atoms with Gasteiger partial charge in [0.1, 0.15) is 12.2 Å². The summed E-state index contributed by atoms with van der Waals surface area (Å²) in [6.45, 7) is 8.01. The van der Waals surface area contributed by atoms with Crippen molar-refractivity contribution in [2.45, 2.75) is 45.1 Å². The summed E-state index contributed by atoms with van der Waals surface area (Å²) in [6.07, 6.45) is 1.09. The molecule has 0 saturated carbocycles. The fraction of sp³-hybridized carbons (Fsp3) is 0.368. The lowest BCUT2D eigenvalue weighted by atomic mass is 10.1. The quantitative estimate of drug-likeness (QED) is 0.763. The Balaban J connectivity index is 2.23. The number of carboxylic acids is 1. The molecule has 1 aromatic heterocycles. The van der Waals surface area contributed by atoms with Crippen molar-refractivity contribution in [3.8, 4) is 0 Å². The second-order valence-corrected chi connectivity index (χ2v) is 7.76. The third-order valence-electron chi connectivity index (χ3n) is 3.86. The Bertz CT molecular complexity index is 780. The van der Waals surface area contributed by atoms with E-state index in [1.165, 1.54) is 11.8 Å². The zero-order chi connectivity index (χ0) is 18.6. The smallest absolute Gasteiger partial charge is 0.311 e. The molecule has 0 aliphatic rings. The molecule has 0 aliphatic heterocycles. The van der Waals surface area contributed by atoms with Gasteiger partial charge in [0.15, 0.2) is 0 Å². The Hall–Kier alpha value is -2.21. The van der Waals surface area contributed by atoms with Gasteiger partial charge in [0.05, 0.1) is 11.8 Å². The number of aliphatic carboxylic acids is 1. The number of aryl methyl sites for hydroxylation is 1. The van der Waals surface area contributed by atoms with Gasteiger partial charge in [-0.05, 0) is 36.3 Å². The predicted molar refractivity (Wildman–Crippen MR) is 100 cm³/mol. The molecule has 6 heteroatoms. The highest BCUT2D eigenvalue weighted by Crippen LogP contribution is 2.26. The fourth-order valence-corrected chi connectivity index (χ4v) is 3.31. The highest BCUT2D eigenvalue weighted by molar-refractivity contribution is 7.99. The molecule has 1 heterocycles. The van der Waals surface area contributed by atoms with E-state index in [4.69, 9.17) is 9.52 Å². The molecule has 25 heavy (non-hydrogen) atoms. The van der Waals surface area contributed by atoms with Gasteiger partial charge in [0.25, 0.3) is 5.91 Å². The standard InChI is InChI=1S/C19H23NO4S/c1-11(2)25-10-14-6-5-7-15(13(14)4)20-19(23)18-12(3)9-24-16(18)8-17(21)22/h5-7,9,11H,8,10H2,1-4H3,(H,20,23)(H,21,22). The van der Waals surface area contributed by atoms with E-state index in [-0.39, 0.29) is 18.1 Å². The van der Waals surface area contributed by atoms with Crippen molar-refractivity contribution in [3.05, 3.63) is 52.5 Å². The second-order valence-electron chi connectivity index (χ2n) is 6.19. The van der Waals surface area contributed by atoms with Gasteiger partial charge in [-0.3, -0.25) is 9.59 Å². The molecule has 0 radical (unpaired) electrons. The average molecular weight is 361 g/mol. The van der Waals surface area contributed by atoms with Crippen molar-refractivity contribution in [3.63, 3.8) is 0 Å². The van der Waals surface area contributed by atoms with Crippen LogP contribution in [0, 0.1) is 13.8 Å². The number of thioether (sulfide) groups is 1. The Morgan fingerprint density at radius 3 is 2.64 bits per heavy atom. The number of hydrogen-bond acceptors (Lipinski definition) is 4. The van der Waals surface area contributed by atoms with Crippen LogP contribution in [-0.2, 0) is 17.0 Å². The summed E-state index contributed by atoms with van der Waals surface area (Å²) >= 11 is 1.84. The lowest BCUT2D eigenvalue weighted by molar-refractivity contribution is -0.136. The molecule has 0 unspecified atom stereocenters. The molecule has 0 bridgehead atoms. The maximum atomic E-state index is 12.7. The SMILES string of the molecule is Cc1coc(CC(=O)O)c1C(=O)Nc1cccc(CSC(C)C)c1C. The van der Waals surface area contributed by atoms with Crippen molar-refractivity contribution in [2.24, 2.45) is 0 Å². The van der Waals surface area contributed by atoms with Gasteiger partial charge >= 0.3 is 5.97 Å². The third-order valence-corrected chi connectivity index (χ3v) is 5.00. The minimum atomic E-state index is -1.03. The van der Waals surface area contributed by atoms with Crippen molar-refractivity contribution in [1.82, 2.24) is 0 Å². The molecule has 0 aliphatic carbocycles. The van der Waals surface area contributed by atoms with E-state index in [2.05, 4.69) is 25.2 Å². The Morgan fingerprint density at radius 2 is 2.00 bits per heavy atom. The minimum Gasteiger partial charge on any atom is -0.481 e. The summed E-state index contributed by atoms with van der Waals surface area (Å²) < 4.78 is 5.24. The fourth-order valence-electron chi connectivity index (χ4n) is 2.49. The number of carboxylic acid groups (broad SMARTS) is 1. The van der Waals surface area contributed by atoms with Crippen LogP contribution in [0.2, 0.25) is 0 Å². The molecule has 0 fully saturated rings. The number of benzene rings is 1. The first-order valence-electron chi connectivity index (χ1n) is 8.09. The Morgan fingerprint density at radius 1 is 1.28 bits per heavy atom. The number of carbonyl (C=O) groups excluding carboxylic acids is 1. The van der Waals surface area contributed by atoms with Gasteiger partial charge in [-0.1, -0.05) is 26.0 Å². The van der Waals surface area contributed by atoms with Gasteiger partial charge in [0, 0.05) is 17.0 Å². The van der Waals surface area contributed by atoms with Crippen molar-refractivity contribution in [1.29, 1.82) is 0 Å². The largest absolute Gasteiger partial charge is 0.481 e. The molecule has 0 spiro atoms. The predicted octanol–water partition coefficient (Wildman–Crippen LogP) is 4.42. The van der Waals surface area contributed by atoms with E-state index in [0.717, 1.165) is 17.0 Å². The molecule has 0 atom stereocenters. The monoisotopic (exact) mass is 361 g/mol. The molecule has 1 amide bonds. The highest BCUT2D eigenvalue weighted by Gasteiger charge is 2.21. The topological polar surface area (TPSA) is 79.5 Å². The summed E-state index contributed by atoms with van der Waals surface area (Å²) in [5, 5.41) is 12.4. The normalized spacial score (nSPS) is 10.9. The van der Waals surface area contributed by atoms with Crippen LogP contribution in [0.25, 0.3) is 0 Å². The zero-order valence-electron chi connectivity index (χ0n) is 14.9. The maximum Gasteiger partial charge on any atom is 0.311 e. The molecule has 2 N–H and O–H groups in total. The number of carbonyl (C=O) groups is 2. The lowest BCUT2D eigenvalue weighted by Crippen LogP contribution is -2.16. The summed E-state index contributed by atoms with van der Waals surface area (Å²) in [4.78, 5) is 23.6. The molecule has 134 valence electrons. The molecule has 2 aromatic rings. The van der Waals surface area contributed by atoms with E-state index in [1.807, 2.05) is 30.8 Å². The number of nitrogens with one attached hydrogen (secondary N) is 1. The van der Waals surface area contributed by atoms with E-state index in [1.54, 1.807) is 6.92 Å². The summed E-state index contributed by atoms with van der Waals surface area (Å²) in [7, 11) is 0. The van der Waals surface area contributed by atoms with Crippen LogP contribution in [0.4, 0.5) is 5.69 Å². The highest BCUT2D eigenvalue weighted by atomic mass is 32.2. The van der Waals surface area contributed by atoms with E-state index >= 15 is 0 Å². The van der Waals surface area contributed by atoms with Crippen LogP contribution in [0.1, 0.15) is 46.7 Å². The van der Waals surface area contributed by atoms with E-state index < -0.39 is 5.97 Å². The van der Waals surface area contributed by atoms with Crippen LogP contribution < -0.4 is 5.32 Å². The van der Waals surface area contributed by atoms with Gasteiger partial charge in [0.2, 0.25) is 0 Å². The van der Waals surface area contributed by atoms with E-state index in [0.29, 0.717) is 16.4 Å². The second kappa shape index (κ2) is 8.25. The Labute approximate surface area is 151 Å². The minimum absolute atomic E-state index is 0.173. The molecule has 5 nitrogen and oxygen atoms in total. The van der Waals surface area contributed by atoms with Gasteiger partial charge in [-0.15, -0.1) is 0 Å². The van der Waals surface area contributed by atoms with Gasteiger partial charge < -0.3 is 14.8 Å². The first-order chi connectivity index (χ1) is 11.8. The van der Waals surface area contributed by atoms with Crippen LogP contribution in [0.5, 0.6) is 0 Å². The lowest BCUT2D eigenvalue weighted by Gasteiger charge is -2.13. The summed E-state index contributed by atoms with van der Waals surface area (Å²) in [6, 6.07) is 5.82. The van der Waals surface area contributed by atoms with Gasteiger partial charge in [-0.25, -0.2) is 0 Å². The number of amides is 1. The molecule has 2 rings (SSSR count). The average Bonchev–Trinajstić information content (AvgIpc) is 2.88. The summed E-state index contributed by atoms with van der Waals surface area (Å²) in [5.41, 5.74) is 3.84. The maximum absolute atomic E-state index is 12.7. The van der Waals surface area contributed by atoms with E-state index in [9.17, 15) is 9.59 Å². The van der Waals surface area contributed by atoms with Gasteiger partial charge in [-0.2, -0.15) is 11.8 Å². The third kappa shape index (κ3) is 4.89. The first-order valence-corrected chi connectivity index (χ1v) is 9.14. The Kier molecular flexibility index (Phi) is 6.31. The zero-order valence-corrected chi connectivity index (χ0v) is 15.7. The first kappa shape index (κ1) is 19.1. The molecule has 1 aromatic carbocycles. The molecular weight excluding hydrogens is 338 g/mol. The number of anilines is 1. The summed E-state index contributed by atoms with van der Waals surface area (Å²) in [5.74, 6) is -0.333. The van der Waals surface area contributed by atoms with Crippen molar-refractivity contribution >= 4 is 29.3 Å². The van der Waals surface area contributed by atoms with Crippen molar-refractivity contribution < 1.29 is 19.1 Å². The van der Waals surface area contributed by atoms with Crippen LogP contribution in [0.3, 0.4) is 0 Å².